The average Bonchev–Trinajstić information content (AvgIpc) is 3.68. The fourth-order valence-electron chi connectivity index (χ4n) is 3.63. The molecule has 4 heterocycles. The maximum Gasteiger partial charge on any atom is 0.326 e. The summed E-state index contributed by atoms with van der Waals surface area (Å²) in [5.74, 6) is 0.852. The summed E-state index contributed by atoms with van der Waals surface area (Å²) in [5.41, 5.74) is 1.99. The van der Waals surface area contributed by atoms with Crippen molar-refractivity contribution in [3.63, 3.8) is 0 Å². The monoisotopic (exact) mass is 463 g/mol. The van der Waals surface area contributed by atoms with Crippen LogP contribution in [0.25, 0.3) is 22.3 Å². The number of aromatic nitrogens is 3. The smallest absolute Gasteiger partial charge is 0.326 e. The van der Waals surface area contributed by atoms with Gasteiger partial charge in [-0.3, -0.25) is 14.9 Å². The first-order chi connectivity index (χ1) is 16.0. The molecule has 11 heteroatoms. The molecule has 2 saturated carbocycles. The first-order valence-corrected chi connectivity index (χ1v) is 11.7. The van der Waals surface area contributed by atoms with Gasteiger partial charge in [0.15, 0.2) is 5.65 Å². The molecule has 1 saturated heterocycles. The van der Waals surface area contributed by atoms with Crippen LogP contribution >= 0.6 is 11.3 Å². The van der Waals surface area contributed by atoms with Gasteiger partial charge in [0.25, 0.3) is 11.8 Å². The summed E-state index contributed by atoms with van der Waals surface area (Å²) in [6.07, 6.45) is 7.73. The van der Waals surface area contributed by atoms with E-state index in [1.165, 1.54) is 24.2 Å². The van der Waals surface area contributed by atoms with Crippen molar-refractivity contribution in [2.45, 2.75) is 31.7 Å². The maximum atomic E-state index is 12.5. The van der Waals surface area contributed by atoms with Crippen LogP contribution in [0, 0.1) is 5.92 Å². The first-order valence-electron chi connectivity index (χ1n) is 10.9. The number of imide groups is 1. The molecule has 10 nitrogen and oxygen atoms in total. The van der Waals surface area contributed by atoms with Gasteiger partial charge in [-0.05, 0) is 49.8 Å². The molecule has 0 aromatic carbocycles. The van der Waals surface area contributed by atoms with Crippen LogP contribution in [0.15, 0.2) is 30.1 Å². The number of urea groups is 1. The number of fused-ring (bicyclic) bond motifs is 1. The molecular formula is C22H21N7O3S. The molecule has 0 radical (unpaired) electrons. The third-order valence-electron chi connectivity index (χ3n) is 5.78. The molecular weight excluding hydrogens is 442 g/mol. The van der Waals surface area contributed by atoms with Gasteiger partial charge in [-0.1, -0.05) is 0 Å². The number of hydrogen-bond acceptors (Lipinski definition) is 7. The van der Waals surface area contributed by atoms with Crippen molar-refractivity contribution in [1.82, 2.24) is 30.5 Å². The van der Waals surface area contributed by atoms with Crippen molar-refractivity contribution < 1.29 is 14.4 Å². The number of nitrogens with one attached hydrogen (secondary N) is 4. The minimum absolute atomic E-state index is 0.0617. The molecule has 33 heavy (non-hydrogen) atoms. The molecule has 3 aromatic rings. The highest BCUT2D eigenvalue weighted by Crippen LogP contribution is 2.33. The Morgan fingerprint density at radius 3 is 2.79 bits per heavy atom. The van der Waals surface area contributed by atoms with Crippen LogP contribution in [0.2, 0.25) is 0 Å². The molecule has 0 atom stereocenters. The van der Waals surface area contributed by atoms with Gasteiger partial charge in [0, 0.05) is 24.2 Å². The van der Waals surface area contributed by atoms with E-state index in [4.69, 9.17) is 4.98 Å². The Morgan fingerprint density at radius 2 is 2.06 bits per heavy atom. The normalized spacial score (nSPS) is 19.1. The van der Waals surface area contributed by atoms with Crippen LogP contribution in [0.4, 0.5) is 10.6 Å². The Bertz CT molecular complexity index is 1330. The topological polar surface area (TPSA) is 130 Å². The predicted molar refractivity (Wildman–Crippen MR) is 123 cm³/mol. The maximum absolute atomic E-state index is 12.5. The van der Waals surface area contributed by atoms with Gasteiger partial charge in [-0.2, -0.15) is 9.61 Å². The zero-order chi connectivity index (χ0) is 22.5. The van der Waals surface area contributed by atoms with Crippen molar-refractivity contribution in [2.75, 3.05) is 11.9 Å². The van der Waals surface area contributed by atoms with Crippen LogP contribution < -0.4 is 21.3 Å². The number of nitrogens with zero attached hydrogens (tertiary/aromatic N) is 3. The molecule has 3 fully saturated rings. The van der Waals surface area contributed by atoms with E-state index in [1.807, 2.05) is 18.2 Å². The zero-order valence-electron chi connectivity index (χ0n) is 17.6. The molecule has 6 rings (SSSR count). The summed E-state index contributed by atoms with van der Waals surface area (Å²) in [5, 5.41) is 15.6. The minimum Gasteiger partial charge on any atom is -0.367 e. The van der Waals surface area contributed by atoms with Gasteiger partial charge in [0.1, 0.15) is 11.5 Å². The van der Waals surface area contributed by atoms with Crippen LogP contribution in [0.1, 0.15) is 40.9 Å². The summed E-state index contributed by atoms with van der Waals surface area (Å²) in [7, 11) is 0. The van der Waals surface area contributed by atoms with Gasteiger partial charge in [-0.25, -0.2) is 9.78 Å². The second kappa shape index (κ2) is 7.69. The first kappa shape index (κ1) is 19.9. The van der Waals surface area contributed by atoms with E-state index in [0.29, 0.717) is 33.7 Å². The number of anilines is 1. The highest BCUT2D eigenvalue weighted by Gasteiger charge is 2.26. The van der Waals surface area contributed by atoms with Crippen molar-refractivity contribution in [2.24, 2.45) is 5.92 Å². The summed E-state index contributed by atoms with van der Waals surface area (Å²) in [4.78, 5) is 42.2. The minimum atomic E-state index is -0.557. The lowest BCUT2D eigenvalue weighted by molar-refractivity contribution is -0.115. The Hall–Kier alpha value is -3.73. The number of amides is 4. The Labute approximate surface area is 192 Å². The third-order valence-corrected chi connectivity index (χ3v) is 6.89. The third kappa shape index (κ3) is 4.07. The van der Waals surface area contributed by atoms with Crippen molar-refractivity contribution in [1.29, 1.82) is 0 Å². The number of hydrogen-bond donors (Lipinski definition) is 4. The van der Waals surface area contributed by atoms with E-state index in [0.717, 1.165) is 30.1 Å². The van der Waals surface area contributed by atoms with Gasteiger partial charge >= 0.3 is 6.03 Å². The molecule has 1 aliphatic heterocycles. The molecule has 0 spiro atoms. The predicted octanol–water partition coefficient (Wildman–Crippen LogP) is 2.35. The zero-order valence-corrected chi connectivity index (χ0v) is 18.4. The molecule has 2 aliphatic carbocycles. The highest BCUT2D eigenvalue weighted by molar-refractivity contribution is 7.17. The second-order valence-electron chi connectivity index (χ2n) is 8.56. The molecule has 0 unspecified atom stereocenters. The van der Waals surface area contributed by atoms with Gasteiger partial charge < -0.3 is 16.0 Å². The van der Waals surface area contributed by atoms with Gasteiger partial charge in [0.05, 0.1) is 21.6 Å². The van der Waals surface area contributed by atoms with Gasteiger partial charge in [0.2, 0.25) is 0 Å². The average molecular weight is 464 g/mol. The quantitative estimate of drug-likeness (QED) is 0.314. The second-order valence-corrected chi connectivity index (χ2v) is 9.65. The largest absolute Gasteiger partial charge is 0.367 e. The van der Waals surface area contributed by atoms with Crippen molar-refractivity contribution >= 4 is 46.7 Å². The number of carbonyl (C=O) groups is 3. The lowest BCUT2D eigenvalue weighted by Crippen LogP contribution is -2.24. The fraction of sp³-hybridized carbons (Fsp3) is 0.318. The summed E-state index contributed by atoms with van der Waals surface area (Å²) >= 11 is 1.39. The Balaban J connectivity index is 1.36. The Kier molecular flexibility index (Phi) is 4.64. The molecule has 4 N–H and O–H groups in total. The van der Waals surface area contributed by atoms with Gasteiger partial charge in [-0.15, -0.1) is 11.3 Å². The SMILES string of the molecule is O=C1NC(=O)/C(=C/c2cnn3c(NC4CC4)cc(-c4ccc(C(=O)NCC5CC5)s4)nc23)N1. The van der Waals surface area contributed by atoms with Crippen molar-refractivity contribution in [3.05, 3.63) is 40.5 Å². The Morgan fingerprint density at radius 1 is 1.21 bits per heavy atom. The van der Waals surface area contributed by atoms with Crippen LogP contribution in [-0.4, -0.2) is 45.0 Å². The van der Waals surface area contributed by atoms with Crippen LogP contribution in [0.3, 0.4) is 0 Å². The van der Waals surface area contributed by atoms with E-state index < -0.39 is 11.9 Å². The summed E-state index contributed by atoms with van der Waals surface area (Å²) in [6, 6.07) is 5.48. The van der Waals surface area contributed by atoms with Crippen LogP contribution in [-0.2, 0) is 4.79 Å². The summed E-state index contributed by atoms with van der Waals surface area (Å²) in [6.45, 7) is 0.726. The van der Waals surface area contributed by atoms with E-state index in [2.05, 4.69) is 26.4 Å². The lowest BCUT2D eigenvalue weighted by atomic mass is 10.2. The lowest BCUT2D eigenvalue weighted by Gasteiger charge is -2.09. The molecule has 0 bridgehead atoms. The molecule has 4 amide bonds. The molecule has 168 valence electrons. The fourth-order valence-corrected chi connectivity index (χ4v) is 4.51. The summed E-state index contributed by atoms with van der Waals surface area (Å²) < 4.78 is 1.69. The number of thiophene rings is 1. The van der Waals surface area contributed by atoms with Crippen molar-refractivity contribution in [3.8, 4) is 10.6 Å². The van der Waals surface area contributed by atoms with E-state index in [-0.39, 0.29) is 11.6 Å². The standard InChI is InChI=1S/C22H21N7O3S/c30-20-15(27-22(32)28-20)7-12-10-24-29-18(25-13-3-4-13)8-14(26-19(12)29)16-5-6-17(33-16)21(31)23-9-11-1-2-11/h5-8,10-11,13,25H,1-4,9H2,(H,23,31)(H2,27,28,30,32)/b15-7-. The van der Waals surface area contributed by atoms with E-state index in [1.54, 1.807) is 16.8 Å². The molecule has 3 aliphatic rings. The molecule has 3 aromatic heterocycles. The van der Waals surface area contributed by atoms with Crippen LogP contribution in [0.5, 0.6) is 0 Å². The van der Waals surface area contributed by atoms with E-state index in [9.17, 15) is 14.4 Å². The number of carbonyl (C=O) groups excluding carboxylic acids is 3. The number of rotatable bonds is 7. The highest BCUT2D eigenvalue weighted by atomic mass is 32.1. The van der Waals surface area contributed by atoms with E-state index >= 15 is 0 Å².